The van der Waals surface area contributed by atoms with Crippen LogP contribution in [0.2, 0.25) is 0 Å². The molecule has 1 fully saturated rings. The average molecular weight is 279 g/mol. The molecule has 0 radical (unpaired) electrons. The second-order valence-corrected chi connectivity index (χ2v) is 5.26. The Morgan fingerprint density at radius 2 is 2.00 bits per heavy atom. The lowest BCUT2D eigenvalue weighted by atomic mass is 9.95. The number of likely N-dealkylation sites (tertiary alicyclic amines) is 1. The van der Waals surface area contributed by atoms with Gasteiger partial charge in [-0.1, -0.05) is 6.92 Å². The van der Waals surface area contributed by atoms with Gasteiger partial charge in [0.2, 0.25) is 11.7 Å². The van der Waals surface area contributed by atoms with Gasteiger partial charge in [0, 0.05) is 39.5 Å². The zero-order valence-electron chi connectivity index (χ0n) is 12.2. The molecule has 1 aliphatic rings. The molecule has 0 bridgehead atoms. The van der Waals surface area contributed by atoms with Gasteiger partial charge in [0.05, 0.1) is 0 Å². The Morgan fingerprint density at radius 1 is 1.35 bits per heavy atom. The summed E-state index contributed by atoms with van der Waals surface area (Å²) in [5.74, 6) is 0.942. The third-order valence-electron chi connectivity index (χ3n) is 3.63. The van der Waals surface area contributed by atoms with Gasteiger partial charge in [-0.3, -0.25) is 14.7 Å². The van der Waals surface area contributed by atoms with Crippen LogP contribution < -0.4 is 0 Å². The van der Waals surface area contributed by atoms with E-state index in [0.717, 1.165) is 6.42 Å². The van der Waals surface area contributed by atoms with Crippen molar-refractivity contribution in [2.24, 2.45) is 5.92 Å². The number of nitrogens with one attached hydrogen (secondary N) is 1. The summed E-state index contributed by atoms with van der Waals surface area (Å²) >= 11 is 0. The molecule has 1 saturated heterocycles. The highest BCUT2D eigenvalue weighted by Gasteiger charge is 2.29. The first kappa shape index (κ1) is 14.5. The first-order chi connectivity index (χ1) is 9.52. The highest BCUT2D eigenvalue weighted by atomic mass is 16.2. The molecule has 0 unspecified atom stereocenters. The molecule has 2 heterocycles. The van der Waals surface area contributed by atoms with Crippen molar-refractivity contribution in [2.45, 2.75) is 26.2 Å². The summed E-state index contributed by atoms with van der Waals surface area (Å²) in [7, 11) is 3.53. The molecule has 2 amide bonds. The summed E-state index contributed by atoms with van der Waals surface area (Å²) < 4.78 is 0. The van der Waals surface area contributed by atoms with E-state index in [-0.39, 0.29) is 23.6 Å². The monoisotopic (exact) mass is 279 g/mol. The van der Waals surface area contributed by atoms with Gasteiger partial charge in [0.15, 0.2) is 0 Å². The number of piperidine rings is 1. The third-order valence-corrected chi connectivity index (χ3v) is 3.63. The van der Waals surface area contributed by atoms with Gasteiger partial charge < -0.3 is 9.80 Å². The largest absolute Gasteiger partial charge is 0.349 e. The minimum Gasteiger partial charge on any atom is -0.349 e. The molecular weight excluding hydrogens is 258 g/mol. The lowest BCUT2D eigenvalue weighted by Crippen LogP contribution is -2.43. The Kier molecular flexibility index (Phi) is 4.36. The van der Waals surface area contributed by atoms with Crippen LogP contribution in [-0.4, -0.2) is 64.0 Å². The van der Waals surface area contributed by atoms with Gasteiger partial charge in [-0.25, -0.2) is 4.98 Å². The molecule has 2 rings (SSSR count). The van der Waals surface area contributed by atoms with Crippen LogP contribution in [0.5, 0.6) is 0 Å². The van der Waals surface area contributed by atoms with E-state index in [0.29, 0.717) is 31.8 Å². The zero-order valence-corrected chi connectivity index (χ0v) is 12.2. The minimum absolute atomic E-state index is 0.0207. The standard InChI is InChI=1S/C13H21N5O2/c1-4-10-14-11(16-15-10)13(20)18-7-5-9(6-8-18)12(19)17(2)3/h9H,4-8H2,1-3H3,(H,14,15,16). The maximum atomic E-state index is 12.2. The van der Waals surface area contributed by atoms with E-state index in [1.165, 1.54) is 0 Å². The highest BCUT2D eigenvalue weighted by Crippen LogP contribution is 2.19. The molecule has 1 aliphatic heterocycles. The fourth-order valence-corrected chi connectivity index (χ4v) is 2.39. The predicted molar refractivity (Wildman–Crippen MR) is 73.1 cm³/mol. The number of nitrogens with zero attached hydrogens (tertiary/aromatic N) is 4. The molecular formula is C13H21N5O2. The first-order valence-electron chi connectivity index (χ1n) is 6.94. The van der Waals surface area contributed by atoms with E-state index in [4.69, 9.17) is 0 Å². The van der Waals surface area contributed by atoms with E-state index in [9.17, 15) is 9.59 Å². The van der Waals surface area contributed by atoms with Crippen molar-refractivity contribution in [3.8, 4) is 0 Å². The van der Waals surface area contributed by atoms with Gasteiger partial charge in [0.1, 0.15) is 5.82 Å². The predicted octanol–water partition coefficient (Wildman–Crippen LogP) is 0.307. The number of carbonyl (C=O) groups is 2. The van der Waals surface area contributed by atoms with Crippen LogP contribution in [0.4, 0.5) is 0 Å². The zero-order chi connectivity index (χ0) is 14.7. The number of aryl methyl sites for hydroxylation is 1. The lowest BCUT2D eigenvalue weighted by molar-refractivity contribution is -0.134. The summed E-state index contributed by atoms with van der Waals surface area (Å²) in [6.45, 7) is 3.12. The summed E-state index contributed by atoms with van der Waals surface area (Å²) in [4.78, 5) is 31.6. The van der Waals surface area contributed by atoms with Gasteiger partial charge in [-0.2, -0.15) is 0 Å². The van der Waals surface area contributed by atoms with Gasteiger partial charge >= 0.3 is 0 Å². The summed E-state index contributed by atoms with van der Waals surface area (Å²) in [6.07, 6.45) is 2.13. The van der Waals surface area contributed by atoms with Gasteiger partial charge in [0.25, 0.3) is 5.91 Å². The number of hydrogen-bond acceptors (Lipinski definition) is 4. The van der Waals surface area contributed by atoms with Crippen molar-refractivity contribution in [1.29, 1.82) is 0 Å². The van der Waals surface area contributed by atoms with Crippen LogP contribution in [0.15, 0.2) is 0 Å². The maximum Gasteiger partial charge on any atom is 0.293 e. The quantitative estimate of drug-likeness (QED) is 0.863. The van der Waals surface area contributed by atoms with Crippen LogP contribution in [0, 0.1) is 5.92 Å². The van der Waals surface area contributed by atoms with Crippen LogP contribution in [0.1, 0.15) is 36.2 Å². The second kappa shape index (κ2) is 6.02. The highest BCUT2D eigenvalue weighted by molar-refractivity contribution is 5.90. The molecule has 0 atom stereocenters. The Bertz CT molecular complexity index is 489. The molecule has 1 aromatic rings. The first-order valence-corrected chi connectivity index (χ1v) is 6.94. The fourth-order valence-electron chi connectivity index (χ4n) is 2.39. The van der Waals surface area contributed by atoms with Crippen molar-refractivity contribution in [2.75, 3.05) is 27.2 Å². The number of H-pyrrole nitrogens is 1. The average Bonchev–Trinajstić information content (AvgIpc) is 2.94. The Balaban J connectivity index is 1.93. The van der Waals surface area contributed by atoms with Crippen molar-refractivity contribution in [3.05, 3.63) is 11.6 Å². The Labute approximate surface area is 118 Å². The van der Waals surface area contributed by atoms with Gasteiger partial charge in [-0.05, 0) is 12.8 Å². The lowest BCUT2D eigenvalue weighted by Gasteiger charge is -2.31. The molecule has 0 spiro atoms. The SMILES string of the molecule is CCc1nc(C(=O)N2CCC(C(=O)N(C)C)CC2)n[nH]1. The summed E-state index contributed by atoms with van der Waals surface area (Å²) in [5, 5.41) is 6.69. The minimum atomic E-state index is -0.156. The van der Waals surface area contributed by atoms with E-state index < -0.39 is 0 Å². The van der Waals surface area contributed by atoms with E-state index in [1.807, 2.05) is 6.92 Å². The number of hydrogen-bond donors (Lipinski definition) is 1. The smallest absolute Gasteiger partial charge is 0.293 e. The molecule has 7 nitrogen and oxygen atoms in total. The molecule has 20 heavy (non-hydrogen) atoms. The topological polar surface area (TPSA) is 82.2 Å². The molecule has 110 valence electrons. The molecule has 0 aliphatic carbocycles. The number of rotatable bonds is 3. The molecule has 1 aromatic heterocycles. The van der Waals surface area contributed by atoms with E-state index >= 15 is 0 Å². The van der Waals surface area contributed by atoms with Crippen LogP contribution >= 0.6 is 0 Å². The normalized spacial score (nSPS) is 16.2. The number of aromatic nitrogens is 3. The molecule has 1 N–H and O–H groups in total. The van der Waals surface area contributed by atoms with Crippen LogP contribution in [0.25, 0.3) is 0 Å². The Morgan fingerprint density at radius 3 is 2.50 bits per heavy atom. The van der Waals surface area contributed by atoms with E-state index in [2.05, 4.69) is 15.2 Å². The molecule has 7 heteroatoms. The molecule has 0 aromatic carbocycles. The second-order valence-electron chi connectivity index (χ2n) is 5.26. The number of aromatic amines is 1. The number of amides is 2. The van der Waals surface area contributed by atoms with Crippen LogP contribution in [-0.2, 0) is 11.2 Å². The fraction of sp³-hybridized carbons (Fsp3) is 0.692. The Hall–Kier alpha value is -1.92. The van der Waals surface area contributed by atoms with Crippen molar-refractivity contribution >= 4 is 11.8 Å². The number of carbonyl (C=O) groups excluding carboxylic acids is 2. The van der Waals surface area contributed by atoms with E-state index in [1.54, 1.807) is 23.9 Å². The van der Waals surface area contributed by atoms with Gasteiger partial charge in [-0.15, -0.1) is 5.10 Å². The van der Waals surface area contributed by atoms with Crippen LogP contribution in [0.3, 0.4) is 0 Å². The summed E-state index contributed by atoms with van der Waals surface area (Å²) in [6, 6.07) is 0. The van der Waals surface area contributed by atoms with Crippen molar-refractivity contribution in [3.63, 3.8) is 0 Å². The maximum absolute atomic E-state index is 12.2. The van der Waals surface area contributed by atoms with Crippen molar-refractivity contribution in [1.82, 2.24) is 25.0 Å². The molecule has 0 saturated carbocycles. The summed E-state index contributed by atoms with van der Waals surface area (Å²) in [5.41, 5.74) is 0. The van der Waals surface area contributed by atoms with Crippen molar-refractivity contribution < 1.29 is 9.59 Å². The third kappa shape index (κ3) is 2.97.